The van der Waals surface area contributed by atoms with E-state index >= 15 is 0 Å². The number of hydrogen-bond donors (Lipinski definition) is 1. The van der Waals surface area contributed by atoms with Crippen molar-refractivity contribution in [1.29, 1.82) is 0 Å². The van der Waals surface area contributed by atoms with E-state index in [2.05, 4.69) is 4.90 Å². The molecule has 3 heterocycles. The standard InChI is InChI=1S/C23H32N2O7/c1-15-22(27)18-11-20(29-2)21(10-16(18)13-31-15)32-14-17(26)12-24-5-7-25(8-6-24)23(28)19-4-3-9-30-19/h10-11,15,17,19,26H,3-9,12-14H2,1-2H3. The van der Waals surface area contributed by atoms with Gasteiger partial charge >= 0.3 is 0 Å². The summed E-state index contributed by atoms with van der Waals surface area (Å²) in [6, 6.07) is 3.43. The molecular formula is C23H32N2O7. The second-order valence-electron chi connectivity index (χ2n) is 8.57. The lowest BCUT2D eigenvalue weighted by Crippen LogP contribution is -2.53. The Hall–Kier alpha value is -2.20. The average Bonchev–Trinajstić information content (AvgIpc) is 3.35. The van der Waals surface area contributed by atoms with Crippen LogP contribution in [-0.4, -0.2) is 98.0 Å². The molecule has 1 aromatic rings. The summed E-state index contributed by atoms with van der Waals surface area (Å²) in [5.41, 5.74) is 1.34. The molecule has 0 spiro atoms. The van der Waals surface area contributed by atoms with E-state index in [-0.39, 0.29) is 24.4 Å². The second-order valence-corrected chi connectivity index (χ2v) is 8.57. The van der Waals surface area contributed by atoms with Gasteiger partial charge in [-0.3, -0.25) is 14.5 Å². The number of hydrogen-bond acceptors (Lipinski definition) is 8. The second kappa shape index (κ2) is 10.2. The van der Waals surface area contributed by atoms with E-state index in [1.165, 1.54) is 7.11 Å². The Balaban J connectivity index is 1.27. The minimum atomic E-state index is -0.700. The Morgan fingerprint density at radius 1 is 1.22 bits per heavy atom. The molecule has 3 unspecified atom stereocenters. The van der Waals surface area contributed by atoms with Gasteiger partial charge < -0.3 is 29.0 Å². The molecule has 1 amide bonds. The lowest BCUT2D eigenvalue weighted by Gasteiger charge is -2.36. The van der Waals surface area contributed by atoms with Crippen molar-refractivity contribution in [1.82, 2.24) is 9.80 Å². The number of β-amino-alcohol motifs (C(OH)–C–C–N with tert-alkyl or cyclic N) is 1. The monoisotopic (exact) mass is 448 g/mol. The zero-order valence-electron chi connectivity index (χ0n) is 18.7. The summed E-state index contributed by atoms with van der Waals surface area (Å²) in [4.78, 5) is 28.8. The lowest BCUT2D eigenvalue weighted by atomic mass is 9.97. The summed E-state index contributed by atoms with van der Waals surface area (Å²) in [7, 11) is 1.52. The first-order valence-electron chi connectivity index (χ1n) is 11.3. The van der Waals surface area contributed by atoms with Gasteiger partial charge in [0.1, 0.15) is 24.9 Å². The zero-order valence-corrected chi connectivity index (χ0v) is 18.7. The first kappa shape index (κ1) is 23.0. The number of Topliss-reactive ketones (excluding diaryl/α,β-unsaturated/α-hetero) is 1. The molecule has 176 valence electrons. The summed E-state index contributed by atoms with van der Waals surface area (Å²) in [6.07, 6.45) is 0.299. The average molecular weight is 449 g/mol. The van der Waals surface area contributed by atoms with E-state index in [0.717, 1.165) is 18.4 Å². The molecule has 1 aromatic carbocycles. The van der Waals surface area contributed by atoms with Crippen molar-refractivity contribution in [3.8, 4) is 11.5 Å². The molecule has 9 heteroatoms. The van der Waals surface area contributed by atoms with Gasteiger partial charge in [0.05, 0.1) is 13.7 Å². The fraction of sp³-hybridized carbons (Fsp3) is 0.652. The summed E-state index contributed by atoms with van der Waals surface area (Å²) in [5.74, 6) is 0.943. The molecule has 0 aromatic heterocycles. The van der Waals surface area contributed by atoms with Crippen LogP contribution in [0.1, 0.15) is 35.7 Å². The summed E-state index contributed by atoms with van der Waals surface area (Å²) in [5, 5.41) is 10.5. The third-order valence-electron chi connectivity index (χ3n) is 6.30. The van der Waals surface area contributed by atoms with E-state index in [9.17, 15) is 14.7 Å². The van der Waals surface area contributed by atoms with Gasteiger partial charge in [-0.2, -0.15) is 0 Å². The molecule has 3 aliphatic heterocycles. The highest BCUT2D eigenvalue weighted by molar-refractivity contribution is 6.01. The number of benzene rings is 1. The largest absolute Gasteiger partial charge is 0.493 e. The molecule has 3 atom stereocenters. The van der Waals surface area contributed by atoms with Crippen molar-refractivity contribution in [2.75, 3.05) is 53.0 Å². The SMILES string of the molecule is COc1cc2c(cc1OCC(O)CN1CCN(C(=O)C3CCCO3)CC1)COC(C)C2=O. The Labute approximate surface area is 188 Å². The first-order chi connectivity index (χ1) is 15.5. The van der Waals surface area contributed by atoms with Crippen molar-refractivity contribution in [3.63, 3.8) is 0 Å². The van der Waals surface area contributed by atoms with Gasteiger partial charge in [0, 0.05) is 44.9 Å². The van der Waals surface area contributed by atoms with E-state index in [1.807, 2.05) is 4.90 Å². The van der Waals surface area contributed by atoms with Crippen LogP contribution < -0.4 is 9.47 Å². The number of aliphatic hydroxyl groups excluding tert-OH is 1. The minimum absolute atomic E-state index is 0.0757. The highest BCUT2D eigenvalue weighted by Crippen LogP contribution is 2.34. The number of carbonyl (C=O) groups is 2. The van der Waals surface area contributed by atoms with E-state index in [1.54, 1.807) is 19.1 Å². The van der Waals surface area contributed by atoms with Gasteiger partial charge in [0.25, 0.3) is 5.91 Å². The fourth-order valence-electron chi connectivity index (χ4n) is 4.40. The predicted octanol–water partition coefficient (Wildman–Crippen LogP) is 0.860. The number of amides is 1. The molecule has 0 saturated carbocycles. The molecule has 1 N–H and O–H groups in total. The number of ketones is 1. The van der Waals surface area contributed by atoms with Crippen LogP contribution in [0.15, 0.2) is 12.1 Å². The number of methoxy groups -OCH3 is 1. The van der Waals surface area contributed by atoms with Gasteiger partial charge in [0.2, 0.25) is 0 Å². The Kier molecular flexibility index (Phi) is 7.30. The number of nitrogens with zero attached hydrogens (tertiary/aromatic N) is 2. The van der Waals surface area contributed by atoms with Gasteiger partial charge in [0.15, 0.2) is 17.3 Å². The molecule has 0 radical (unpaired) electrons. The zero-order chi connectivity index (χ0) is 22.7. The van der Waals surface area contributed by atoms with E-state index in [4.69, 9.17) is 18.9 Å². The molecule has 3 aliphatic rings. The number of fused-ring (bicyclic) bond motifs is 1. The maximum absolute atomic E-state index is 12.5. The van der Waals surface area contributed by atoms with Gasteiger partial charge in [-0.05, 0) is 37.5 Å². The summed E-state index contributed by atoms with van der Waals surface area (Å²) < 4.78 is 22.2. The van der Waals surface area contributed by atoms with Crippen molar-refractivity contribution in [3.05, 3.63) is 23.3 Å². The lowest BCUT2D eigenvalue weighted by molar-refractivity contribution is -0.142. The number of ether oxygens (including phenoxy) is 4. The van der Waals surface area contributed by atoms with Crippen LogP contribution in [0.25, 0.3) is 0 Å². The normalized spacial score (nSPS) is 24.8. The van der Waals surface area contributed by atoms with E-state index in [0.29, 0.717) is 63.0 Å². The van der Waals surface area contributed by atoms with Crippen molar-refractivity contribution < 1.29 is 33.6 Å². The van der Waals surface area contributed by atoms with Crippen LogP contribution in [0.3, 0.4) is 0 Å². The Morgan fingerprint density at radius 3 is 2.69 bits per heavy atom. The van der Waals surface area contributed by atoms with Gasteiger partial charge in [-0.15, -0.1) is 0 Å². The molecule has 9 nitrogen and oxygen atoms in total. The molecule has 0 aliphatic carbocycles. The van der Waals surface area contributed by atoms with Gasteiger partial charge in [-0.1, -0.05) is 0 Å². The fourth-order valence-corrected chi connectivity index (χ4v) is 4.40. The van der Waals surface area contributed by atoms with Gasteiger partial charge in [-0.25, -0.2) is 0 Å². The smallest absolute Gasteiger partial charge is 0.251 e. The highest BCUT2D eigenvalue weighted by atomic mass is 16.5. The maximum atomic E-state index is 12.5. The number of rotatable bonds is 7. The molecular weight excluding hydrogens is 416 g/mol. The Morgan fingerprint density at radius 2 is 2.00 bits per heavy atom. The third-order valence-corrected chi connectivity index (χ3v) is 6.30. The summed E-state index contributed by atoms with van der Waals surface area (Å²) in [6.45, 7) is 5.96. The Bertz CT molecular complexity index is 832. The number of aliphatic hydroxyl groups is 1. The first-order valence-corrected chi connectivity index (χ1v) is 11.3. The van der Waals surface area contributed by atoms with Crippen molar-refractivity contribution in [2.45, 2.75) is 44.7 Å². The molecule has 4 rings (SSSR count). The molecule has 2 saturated heterocycles. The van der Waals surface area contributed by atoms with Crippen LogP contribution in [0.2, 0.25) is 0 Å². The van der Waals surface area contributed by atoms with Crippen molar-refractivity contribution in [2.24, 2.45) is 0 Å². The van der Waals surface area contributed by atoms with Crippen molar-refractivity contribution >= 4 is 11.7 Å². The van der Waals surface area contributed by atoms with Crippen LogP contribution >= 0.6 is 0 Å². The van der Waals surface area contributed by atoms with Crippen LogP contribution in [0, 0.1) is 0 Å². The number of carbonyl (C=O) groups excluding carboxylic acids is 2. The minimum Gasteiger partial charge on any atom is -0.493 e. The maximum Gasteiger partial charge on any atom is 0.251 e. The third kappa shape index (κ3) is 5.06. The van der Waals surface area contributed by atoms with Crippen LogP contribution in [0.4, 0.5) is 0 Å². The topological polar surface area (TPSA) is 97.8 Å². The molecule has 32 heavy (non-hydrogen) atoms. The molecule has 2 fully saturated rings. The van der Waals surface area contributed by atoms with E-state index < -0.39 is 12.2 Å². The van der Waals surface area contributed by atoms with Crippen LogP contribution in [-0.2, 0) is 20.9 Å². The highest BCUT2D eigenvalue weighted by Gasteiger charge is 2.31. The summed E-state index contributed by atoms with van der Waals surface area (Å²) >= 11 is 0. The quantitative estimate of drug-likeness (QED) is 0.656. The van der Waals surface area contributed by atoms with Crippen LogP contribution in [0.5, 0.6) is 11.5 Å². The predicted molar refractivity (Wildman–Crippen MR) is 115 cm³/mol. The molecule has 0 bridgehead atoms. The number of piperazine rings is 1.